The number of pyridine rings is 1. The molecule has 40 heavy (non-hydrogen) atoms. The molecule has 0 radical (unpaired) electrons. The summed E-state index contributed by atoms with van der Waals surface area (Å²) in [6, 6.07) is 15.0. The monoisotopic (exact) mass is 580 g/mol. The minimum Gasteiger partial charge on any atom is -0.478 e. The Morgan fingerprint density at radius 1 is 1.07 bits per heavy atom. The zero-order chi connectivity index (χ0) is 28.4. The van der Waals surface area contributed by atoms with Crippen LogP contribution in [0.4, 0.5) is 11.5 Å². The molecular formula is C31H34Cl2N4O3. The van der Waals surface area contributed by atoms with E-state index in [4.69, 9.17) is 33.7 Å². The van der Waals surface area contributed by atoms with Gasteiger partial charge in [0.1, 0.15) is 22.9 Å². The number of benzene rings is 2. The van der Waals surface area contributed by atoms with E-state index < -0.39 is 5.97 Å². The quantitative estimate of drug-likeness (QED) is 0.304. The van der Waals surface area contributed by atoms with E-state index in [-0.39, 0.29) is 27.6 Å². The van der Waals surface area contributed by atoms with Gasteiger partial charge in [0.25, 0.3) is 0 Å². The smallest absolute Gasteiger partial charge is 0.339 e. The number of carbonyl (C=O) groups is 1. The number of ether oxygens (including phenoxy) is 1. The molecule has 1 fully saturated rings. The van der Waals surface area contributed by atoms with Gasteiger partial charge >= 0.3 is 5.97 Å². The number of halogens is 2. The molecule has 5 rings (SSSR count). The number of nitrogen functional groups attached to an aromatic ring is 1. The van der Waals surface area contributed by atoms with Crippen molar-refractivity contribution in [1.82, 2.24) is 9.88 Å². The fourth-order valence-electron chi connectivity index (χ4n) is 5.48. The molecule has 0 amide bonds. The maximum atomic E-state index is 11.9. The highest BCUT2D eigenvalue weighted by Crippen LogP contribution is 2.43. The number of rotatable bonds is 7. The maximum Gasteiger partial charge on any atom is 0.339 e. The van der Waals surface area contributed by atoms with E-state index in [1.54, 1.807) is 12.1 Å². The largest absolute Gasteiger partial charge is 0.478 e. The lowest BCUT2D eigenvalue weighted by atomic mass is 9.72. The Labute approximate surface area is 245 Å². The second-order valence-electron chi connectivity index (χ2n) is 11.3. The van der Waals surface area contributed by atoms with Crippen molar-refractivity contribution in [2.75, 3.05) is 43.4 Å². The molecule has 0 spiro atoms. The van der Waals surface area contributed by atoms with E-state index >= 15 is 0 Å². The molecule has 2 aromatic carbocycles. The van der Waals surface area contributed by atoms with Crippen molar-refractivity contribution in [2.45, 2.75) is 33.1 Å². The summed E-state index contributed by atoms with van der Waals surface area (Å²) < 4.78 is 5.90. The summed E-state index contributed by atoms with van der Waals surface area (Å²) in [5.41, 5.74) is 11.2. The van der Waals surface area contributed by atoms with Gasteiger partial charge < -0.3 is 20.5 Å². The number of anilines is 2. The lowest BCUT2D eigenvalue weighted by Gasteiger charge is -2.39. The van der Waals surface area contributed by atoms with Crippen LogP contribution < -0.4 is 15.4 Å². The third kappa shape index (κ3) is 6.54. The van der Waals surface area contributed by atoms with Gasteiger partial charge in [0.15, 0.2) is 0 Å². The van der Waals surface area contributed by atoms with Gasteiger partial charge in [-0.3, -0.25) is 4.90 Å². The van der Waals surface area contributed by atoms with E-state index in [1.807, 2.05) is 18.2 Å². The predicted molar refractivity (Wildman–Crippen MR) is 162 cm³/mol. The van der Waals surface area contributed by atoms with Crippen LogP contribution in [0.2, 0.25) is 10.0 Å². The topological polar surface area (TPSA) is 91.9 Å². The SMILES string of the molecule is CC1(C)CCC(CN2CCN(c3ccc(C(=O)O)c(Oc4cnc(N)c(Cl)c4)c3)CC2)=C(c2ccc(Cl)cc2)C1. The summed E-state index contributed by atoms with van der Waals surface area (Å²) in [4.78, 5) is 20.7. The Hall–Kier alpha value is -3.26. The van der Waals surface area contributed by atoms with Crippen LogP contribution in [0.5, 0.6) is 11.5 Å². The Bertz CT molecular complexity index is 1430. The standard InChI is InChI=1S/C31H34Cl2N4O3/c1-31(2)10-9-21(26(17-31)20-3-5-22(32)6-4-20)19-36-11-13-37(14-12-36)23-7-8-25(30(38)39)28(15-23)40-24-16-27(33)29(34)35-18-24/h3-8,15-16,18H,9-14,17,19H2,1-2H3,(H2,34,35)(H,38,39). The number of hydrogen-bond acceptors (Lipinski definition) is 6. The second kappa shape index (κ2) is 11.7. The minimum atomic E-state index is -1.07. The Balaban J connectivity index is 1.30. The molecule has 0 saturated carbocycles. The molecule has 2 heterocycles. The number of allylic oxidation sites excluding steroid dienone is 1. The number of aromatic carboxylic acids is 1. The molecule has 3 aromatic rings. The van der Waals surface area contributed by atoms with Crippen molar-refractivity contribution in [1.29, 1.82) is 0 Å². The second-order valence-corrected chi connectivity index (χ2v) is 12.2. The highest BCUT2D eigenvalue weighted by Gasteiger charge is 2.29. The molecule has 9 heteroatoms. The normalized spacial score (nSPS) is 17.6. The molecule has 0 bridgehead atoms. The van der Waals surface area contributed by atoms with Gasteiger partial charge in [-0.15, -0.1) is 0 Å². The van der Waals surface area contributed by atoms with Crippen LogP contribution >= 0.6 is 23.2 Å². The molecule has 3 N–H and O–H groups in total. The van der Waals surface area contributed by atoms with Crippen LogP contribution in [0.25, 0.3) is 5.57 Å². The zero-order valence-electron chi connectivity index (χ0n) is 22.8. The number of carboxylic acid groups (broad SMARTS) is 1. The molecule has 0 atom stereocenters. The molecule has 1 aliphatic heterocycles. The van der Waals surface area contributed by atoms with Crippen molar-refractivity contribution in [3.8, 4) is 11.5 Å². The summed E-state index contributed by atoms with van der Waals surface area (Å²) in [6.45, 7) is 9.14. The Morgan fingerprint density at radius 2 is 1.80 bits per heavy atom. The van der Waals surface area contributed by atoms with Gasteiger partial charge in [-0.05, 0) is 60.1 Å². The lowest BCUT2D eigenvalue weighted by Crippen LogP contribution is -2.47. The van der Waals surface area contributed by atoms with Crippen LogP contribution in [0.3, 0.4) is 0 Å². The van der Waals surface area contributed by atoms with Crippen molar-refractivity contribution in [3.05, 3.63) is 81.5 Å². The van der Waals surface area contributed by atoms with Crippen molar-refractivity contribution >= 4 is 46.2 Å². The van der Waals surface area contributed by atoms with E-state index in [0.717, 1.165) is 56.3 Å². The van der Waals surface area contributed by atoms with Gasteiger partial charge in [0.05, 0.1) is 11.2 Å². The maximum absolute atomic E-state index is 11.9. The summed E-state index contributed by atoms with van der Waals surface area (Å²) in [6.07, 6.45) is 4.79. The Kier molecular flexibility index (Phi) is 8.26. The molecule has 2 aliphatic rings. The van der Waals surface area contributed by atoms with Gasteiger partial charge in [-0.25, -0.2) is 9.78 Å². The molecule has 1 saturated heterocycles. The number of piperazine rings is 1. The fraction of sp³-hybridized carbons (Fsp3) is 0.355. The number of hydrogen-bond donors (Lipinski definition) is 2. The average molecular weight is 582 g/mol. The van der Waals surface area contributed by atoms with Crippen molar-refractivity contribution < 1.29 is 14.6 Å². The van der Waals surface area contributed by atoms with E-state index in [0.29, 0.717) is 5.75 Å². The van der Waals surface area contributed by atoms with E-state index in [2.05, 4.69) is 40.8 Å². The average Bonchev–Trinajstić information content (AvgIpc) is 2.92. The first kappa shape index (κ1) is 28.3. The zero-order valence-corrected chi connectivity index (χ0v) is 24.3. The van der Waals surface area contributed by atoms with Gasteiger partial charge in [-0.2, -0.15) is 0 Å². The number of carboxylic acids is 1. The lowest BCUT2D eigenvalue weighted by molar-refractivity contribution is 0.0694. The molecule has 0 unspecified atom stereocenters. The van der Waals surface area contributed by atoms with E-state index in [9.17, 15) is 9.90 Å². The van der Waals surface area contributed by atoms with Gasteiger partial charge in [0.2, 0.25) is 0 Å². The highest BCUT2D eigenvalue weighted by molar-refractivity contribution is 6.32. The van der Waals surface area contributed by atoms with Crippen LogP contribution in [0.15, 0.2) is 60.3 Å². The third-order valence-electron chi connectivity index (χ3n) is 7.80. The molecule has 210 valence electrons. The summed E-state index contributed by atoms with van der Waals surface area (Å²) in [5, 5.41) is 10.7. The first-order valence-electron chi connectivity index (χ1n) is 13.5. The van der Waals surface area contributed by atoms with Gasteiger partial charge in [0, 0.05) is 55.6 Å². The molecule has 1 aliphatic carbocycles. The van der Waals surface area contributed by atoms with Crippen LogP contribution in [0.1, 0.15) is 49.0 Å². The van der Waals surface area contributed by atoms with Gasteiger partial charge in [-0.1, -0.05) is 54.8 Å². The molecular weight excluding hydrogens is 547 g/mol. The van der Waals surface area contributed by atoms with E-state index in [1.165, 1.54) is 35.4 Å². The predicted octanol–water partition coefficient (Wildman–Crippen LogP) is 7.25. The fourth-order valence-corrected chi connectivity index (χ4v) is 5.76. The highest BCUT2D eigenvalue weighted by atomic mass is 35.5. The molecule has 1 aromatic heterocycles. The summed E-state index contributed by atoms with van der Waals surface area (Å²) >= 11 is 12.2. The summed E-state index contributed by atoms with van der Waals surface area (Å²) in [7, 11) is 0. The number of aromatic nitrogens is 1. The van der Waals surface area contributed by atoms with Crippen molar-refractivity contribution in [3.63, 3.8) is 0 Å². The molecule has 7 nitrogen and oxygen atoms in total. The minimum absolute atomic E-state index is 0.0669. The first-order valence-corrected chi connectivity index (χ1v) is 14.2. The first-order chi connectivity index (χ1) is 19.1. The Morgan fingerprint density at radius 3 is 2.48 bits per heavy atom. The summed E-state index contributed by atoms with van der Waals surface area (Å²) in [5.74, 6) is -0.324. The third-order valence-corrected chi connectivity index (χ3v) is 8.35. The van der Waals surface area contributed by atoms with Crippen molar-refractivity contribution in [2.24, 2.45) is 5.41 Å². The number of nitrogens with zero attached hydrogens (tertiary/aromatic N) is 3. The van der Waals surface area contributed by atoms with Crippen LogP contribution in [0, 0.1) is 5.41 Å². The number of nitrogens with two attached hydrogens (primary N) is 1. The van der Waals surface area contributed by atoms with Crippen LogP contribution in [-0.2, 0) is 0 Å². The van der Waals surface area contributed by atoms with Crippen LogP contribution in [-0.4, -0.2) is 53.7 Å².